The fourth-order valence-corrected chi connectivity index (χ4v) is 1.62. The van der Waals surface area contributed by atoms with E-state index in [2.05, 4.69) is 4.90 Å². The molecule has 0 saturated heterocycles. The van der Waals surface area contributed by atoms with Gasteiger partial charge in [-0.25, -0.2) is 0 Å². The molecule has 0 spiro atoms. The fraction of sp³-hybridized carbons (Fsp3) is 0.727. The Morgan fingerprint density at radius 1 is 1.38 bits per heavy atom. The summed E-state index contributed by atoms with van der Waals surface area (Å²) in [5, 5.41) is 0. The third-order valence-electron chi connectivity index (χ3n) is 2.73. The van der Waals surface area contributed by atoms with Crippen LogP contribution in [-0.4, -0.2) is 23.4 Å². The Balaban J connectivity index is 1.90. The second kappa shape index (κ2) is 3.52. The number of amides is 1. The van der Waals surface area contributed by atoms with Crippen molar-refractivity contribution in [3.05, 3.63) is 12.2 Å². The molecule has 0 aromatic rings. The van der Waals surface area contributed by atoms with E-state index in [9.17, 15) is 4.79 Å². The number of rotatable bonds is 4. The molecular formula is C11H17NO. The van der Waals surface area contributed by atoms with Crippen molar-refractivity contribution in [1.29, 1.82) is 0 Å². The lowest BCUT2D eigenvalue weighted by molar-refractivity contribution is -0.126. The van der Waals surface area contributed by atoms with E-state index < -0.39 is 0 Å². The summed E-state index contributed by atoms with van der Waals surface area (Å²) in [5.41, 5.74) is 0. The van der Waals surface area contributed by atoms with E-state index in [0.29, 0.717) is 6.04 Å². The molecule has 0 aromatic heterocycles. The van der Waals surface area contributed by atoms with Crippen molar-refractivity contribution in [3.63, 3.8) is 0 Å². The Bertz CT molecular complexity index is 226. The van der Waals surface area contributed by atoms with E-state index in [0.717, 1.165) is 12.5 Å². The van der Waals surface area contributed by atoms with Gasteiger partial charge in [0.2, 0.25) is 5.91 Å². The third kappa shape index (κ3) is 2.33. The second-order valence-corrected chi connectivity index (χ2v) is 4.17. The Morgan fingerprint density at radius 2 is 2.08 bits per heavy atom. The number of hydrogen-bond acceptors (Lipinski definition) is 1. The summed E-state index contributed by atoms with van der Waals surface area (Å²) < 4.78 is 0. The van der Waals surface area contributed by atoms with Gasteiger partial charge in [-0.3, -0.25) is 4.79 Å². The molecule has 2 saturated carbocycles. The third-order valence-corrected chi connectivity index (χ3v) is 2.73. The van der Waals surface area contributed by atoms with Crippen molar-refractivity contribution in [1.82, 2.24) is 4.90 Å². The summed E-state index contributed by atoms with van der Waals surface area (Å²) in [6, 6.07) is 0.573. The van der Waals surface area contributed by atoms with Gasteiger partial charge in [0, 0.05) is 12.6 Å². The van der Waals surface area contributed by atoms with Crippen LogP contribution >= 0.6 is 0 Å². The van der Waals surface area contributed by atoms with Crippen molar-refractivity contribution in [3.8, 4) is 0 Å². The van der Waals surface area contributed by atoms with Crippen molar-refractivity contribution in [2.24, 2.45) is 5.92 Å². The summed E-state index contributed by atoms with van der Waals surface area (Å²) >= 11 is 0. The van der Waals surface area contributed by atoms with E-state index in [1.165, 1.54) is 25.7 Å². The molecule has 13 heavy (non-hydrogen) atoms. The van der Waals surface area contributed by atoms with E-state index >= 15 is 0 Å². The van der Waals surface area contributed by atoms with E-state index in [-0.39, 0.29) is 5.91 Å². The molecule has 1 amide bonds. The van der Waals surface area contributed by atoms with Crippen LogP contribution in [0.25, 0.3) is 0 Å². The first-order chi connectivity index (χ1) is 6.31. The molecule has 72 valence electrons. The molecule has 2 heteroatoms. The number of carbonyl (C=O) groups excluding carboxylic acids is 1. The van der Waals surface area contributed by atoms with Crippen molar-refractivity contribution < 1.29 is 4.79 Å². The SMILES string of the molecule is CC=CC(=O)N(CC1CC1)C1CC1. The minimum Gasteiger partial charge on any atom is -0.336 e. The average Bonchev–Trinajstić information content (AvgIpc) is 2.95. The van der Waals surface area contributed by atoms with Gasteiger partial charge >= 0.3 is 0 Å². The Labute approximate surface area is 79.6 Å². The van der Waals surface area contributed by atoms with Crippen LogP contribution < -0.4 is 0 Å². The van der Waals surface area contributed by atoms with Gasteiger partial charge in [0.05, 0.1) is 0 Å². The lowest BCUT2D eigenvalue weighted by Crippen LogP contribution is -2.33. The highest BCUT2D eigenvalue weighted by Crippen LogP contribution is 2.34. The lowest BCUT2D eigenvalue weighted by Gasteiger charge is -2.20. The van der Waals surface area contributed by atoms with Crippen molar-refractivity contribution >= 4 is 5.91 Å². The maximum absolute atomic E-state index is 11.6. The van der Waals surface area contributed by atoms with Gasteiger partial charge in [-0.1, -0.05) is 6.08 Å². The van der Waals surface area contributed by atoms with E-state index in [4.69, 9.17) is 0 Å². The first-order valence-electron chi connectivity index (χ1n) is 5.24. The highest BCUT2D eigenvalue weighted by molar-refractivity contribution is 5.88. The number of nitrogens with zero attached hydrogens (tertiary/aromatic N) is 1. The molecule has 0 atom stereocenters. The van der Waals surface area contributed by atoms with Crippen molar-refractivity contribution in [2.75, 3.05) is 6.54 Å². The highest BCUT2D eigenvalue weighted by atomic mass is 16.2. The molecule has 2 fully saturated rings. The predicted molar refractivity (Wildman–Crippen MR) is 52.3 cm³/mol. The van der Waals surface area contributed by atoms with Crippen LogP contribution in [0.5, 0.6) is 0 Å². The fourth-order valence-electron chi connectivity index (χ4n) is 1.62. The largest absolute Gasteiger partial charge is 0.336 e. The molecule has 0 unspecified atom stereocenters. The molecule has 2 nitrogen and oxygen atoms in total. The number of carbonyl (C=O) groups is 1. The first-order valence-corrected chi connectivity index (χ1v) is 5.24. The molecule has 2 aliphatic rings. The van der Waals surface area contributed by atoms with Crippen LogP contribution in [0.4, 0.5) is 0 Å². The molecule has 0 heterocycles. The minimum absolute atomic E-state index is 0.219. The van der Waals surface area contributed by atoms with Gasteiger partial charge in [-0.05, 0) is 44.6 Å². The topological polar surface area (TPSA) is 20.3 Å². The van der Waals surface area contributed by atoms with Crippen LogP contribution in [0.1, 0.15) is 32.6 Å². The van der Waals surface area contributed by atoms with Crippen molar-refractivity contribution in [2.45, 2.75) is 38.6 Å². The summed E-state index contributed by atoms with van der Waals surface area (Å²) in [4.78, 5) is 13.7. The number of allylic oxidation sites excluding steroid dienone is 1. The Hall–Kier alpha value is -0.790. The number of hydrogen-bond donors (Lipinski definition) is 0. The average molecular weight is 179 g/mol. The van der Waals surface area contributed by atoms with Gasteiger partial charge in [0.1, 0.15) is 0 Å². The molecule has 0 radical (unpaired) electrons. The maximum atomic E-state index is 11.6. The molecule has 2 aliphatic carbocycles. The second-order valence-electron chi connectivity index (χ2n) is 4.17. The lowest BCUT2D eigenvalue weighted by atomic mass is 10.3. The quantitative estimate of drug-likeness (QED) is 0.604. The zero-order valence-electron chi connectivity index (χ0n) is 8.20. The zero-order chi connectivity index (χ0) is 9.26. The molecule has 0 aromatic carbocycles. The Kier molecular flexibility index (Phi) is 2.38. The molecule has 0 aliphatic heterocycles. The predicted octanol–water partition coefficient (Wildman–Crippen LogP) is 1.96. The highest BCUT2D eigenvalue weighted by Gasteiger charge is 2.35. The van der Waals surface area contributed by atoms with Crippen LogP contribution in [0.3, 0.4) is 0 Å². The molecular weight excluding hydrogens is 162 g/mol. The van der Waals surface area contributed by atoms with Crippen LogP contribution in [0.2, 0.25) is 0 Å². The Morgan fingerprint density at radius 3 is 2.54 bits per heavy atom. The normalized spacial score (nSPS) is 22.2. The summed E-state index contributed by atoms with van der Waals surface area (Å²) in [5.74, 6) is 1.03. The van der Waals surface area contributed by atoms with E-state index in [1.54, 1.807) is 6.08 Å². The van der Waals surface area contributed by atoms with Gasteiger partial charge in [0.25, 0.3) is 0 Å². The zero-order valence-corrected chi connectivity index (χ0v) is 8.20. The minimum atomic E-state index is 0.219. The molecule has 0 N–H and O–H groups in total. The van der Waals surface area contributed by atoms with Gasteiger partial charge in [-0.15, -0.1) is 0 Å². The summed E-state index contributed by atoms with van der Waals surface area (Å²) in [6.07, 6.45) is 8.62. The maximum Gasteiger partial charge on any atom is 0.246 e. The smallest absolute Gasteiger partial charge is 0.246 e. The van der Waals surface area contributed by atoms with Crippen LogP contribution in [0, 0.1) is 5.92 Å². The monoisotopic (exact) mass is 179 g/mol. The summed E-state index contributed by atoms with van der Waals surface area (Å²) in [7, 11) is 0. The van der Waals surface area contributed by atoms with Gasteiger partial charge in [-0.2, -0.15) is 0 Å². The summed E-state index contributed by atoms with van der Waals surface area (Å²) in [6.45, 7) is 2.91. The molecule has 0 bridgehead atoms. The van der Waals surface area contributed by atoms with Crippen LogP contribution in [-0.2, 0) is 4.79 Å². The standard InChI is InChI=1S/C11H17NO/c1-2-3-11(13)12(10-6-7-10)8-9-4-5-9/h2-3,9-10H,4-8H2,1H3. The van der Waals surface area contributed by atoms with Gasteiger partial charge < -0.3 is 4.90 Å². The molecule has 2 rings (SSSR count). The van der Waals surface area contributed by atoms with Crippen LogP contribution in [0.15, 0.2) is 12.2 Å². The van der Waals surface area contributed by atoms with Gasteiger partial charge in [0.15, 0.2) is 0 Å². The first kappa shape index (κ1) is 8.79. The van der Waals surface area contributed by atoms with E-state index in [1.807, 2.05) is 13.0 Å².